The number of nitrogens with zero attached hydrogens (tertiary/aromatic N) is 1. The first kappa shape index (κ1) is 13.5. The average Bonchev–Trinajstić information content (AvgIpc) is 2.70. The monoisotopic (exact) mass is 267 g/mol. The molecule has 0 bridgehead atoms. The van der Waals surface area contributed by atoms with Gasteiger partial charge in [0, 0.05) is 12.8 Å². The van der Waals surface area contributed by atoms with Crippen LogP contribution in [0.25, 0.3) is 0 Å². The molecule has 1 fully saturated rings. The summed E-state index contributed by atoms with van der Waals surface area (Å²) in [5.74, 6) is -1.09. The SMILES string of the molecule is O=C1CCC(=O)N1CC(O)COc1ccccc1F. The number of imide groups is 1. The van der Waals surface area contributed by atoms with E-state index in [-0.39, 0.29) is 43.6 Å². The molecule has 0 radical (unpaired) electrons. The molecule has 1 aliphatic heterocycles. The minimum atomic E-state index is -1.04. The third-order valence-corrected chi connectivity index (χ3v) is 2.82. The first-order chi connectivity index (χ1) is 9.08. The molecular weight excluding hydrogens is 253 g/mol. The molecule has 1 aliphatic rings. The number of rotatable bonds is 5. The van der Waals surface area contributed by atoms with Crippen LogP contribution in [0.1, 0.15) is 12.8 Å². The summed E-state index contributed by atoms with van der Waals surface area (Å²) in [4.78, 5) is 23.7. The van der Waals surface area contributed by atoms with Gasteiger partial charge in [-0.2, -0.15) is 0 Å². The van der Waals surface area contributed by atoms with Crippen LogP contribution >= 0.6 is 0 Å². The van der Waals surface area contributed by atoms with Crippen molar-refractivity contribution in [3.8, 4) is 5.75 Å². The molecular formula is C13H14FNO4. The number of likely N-dealkylation sites (tertiary alicyclic amines) is 1. The standard InChI is InChI=1S/C13H14FNO4/c14-10-3-1-2-4-11(10)19-8-9(16)7-15-12(17)5-6-13(15)18/h1-4,9,16H,5-8H2. The summed E-state index contributed by atoms with van der Waals surface area (Å²) in [6.45, 7) is -0.301. The molecule has 19 heavy (non-hydrogen) atoms. The normalized spacial score (nSPS) is 16.8. The predicted molar refractivity (Wildman–Crippen MR) is 63.9 cm³/mol. The first-order valence-corrected chi connectivity index (χ1v) is 5.96. The Morgan fingerprint density at radius 2 is 1.89 bits per heavy atom. The minimum Gasteiger partial charge on any atom is -0.488 e. The predicted octanol–water partition coefficient (Wildman–Crippen LogP) is 0.714. The van der Waals surface area contributed by atoms with E-state index in [1.807, 2.05) is 0 Å². The fourth-order valence-electron chi connectivity index (χ4n) is 1.84. The molecule has 0 aliphatic carbocycles. The van der Waals surface area contributed by atoms with Crippen molar-refractivity contribution in [2.75, 3.05) is 13.2 Å². The molecule has 1 aromatic carbocycles. The highest BCUT2D eigenvalue weighted by Gasteiger charge is 2.30. The second-order valence-corrected chi connectivity index (χ2v) is 4.29. The van der Waals surface area contributed by atoms with Crippen LogP contribution in [0.2, 0.25) is 0 Å². The Morgan fingerprint density at radius 3 is 2.53 bits per heavy atom. The Bertz CT molecular complexity index is 475. The van der Waals surface area contributed by atoms with E-state index in [0.717, 1.165) is 4.90 Å². The van der Waals surface area contributed by atoms with Crippen LogP contribution in [-0.4, -0.2) is 41.1 Å². The number of halogens is 1. The molecule has 2 rings (SSSR count). The smallest absolute Gasteiger partial charge is 0.229 e. The maximum absolute atomic E-state index is 13.2. The van der Waals surface area contributed by atoms with Crippen molar-refractivity contribution in [3.63, 3.8) is 0 Å². The summed E-state index contributed by atoms with van der Waals surface area (Å²) in [7, 11) is 0. The number of benzene rings is 1. The van der Waals surface area contributed by atoms with Gasteiger partial charge in [-0.1, -0.05) is 12.1 Å². The second-order valence-electron chi connectivity index (χ2n) is 4.29. The maximum atomic E-state index is 13.2. The highest BCUT2D eigenvalue weighted by molar-refractivity contribution is 6.01. The fourth-order valence-corrected chi connectivity index (χ4v) is 1.84. The van der Waals surface area contributed by atoms with Gasteiger partial charge < -0.3 is 9.84 Å². The van der Waals surface area contributed by atoms with Crippen molar-refractivity contribution in [2.45, 2.75) is 18.9 Å². The van der Waals surface area contributed by atoms with Crippen molar-refractivity contribution < 1.29 is 23.8 Å². The molecule has 1 heterocycles. The largest absolute Gasteiger partial charge is 0.488 e. The molecule has 0 spiro atoms. The van der Waals surface area contributed by atoms with Crippen molar-refractivity contribution >= 4 is 11.8 Å². The van der Waals surface area contributed by atoms with E-state index in [2.05, 4.69) is 0 Å². The van der Waals surface area contributed by atoms with E-state index in [1.54, 1.807) is 6.07 Å². The van der Waals surface area contributed by atoms with Crippen LogP contribution in [0.4, 0.5) is 4.39 Å². The van der Waals surface area contributed by atoms with Gasteiger partial charge >= 0.3 is 0 Å². The van der Waals surface area contributed by atoms with Gasteiger partial charge in [0.25, 0.3) is 0 Å². The molecule has 1 unspecified atom stereocenters. The highest BCUT2D eigenvalue weighted by atomic mass is 19.1. The quantitative estimate of drug-likeness (QED) is 0.798. The highest BCUT2D eigenvalue weighted by Crippen LogP contribution is 2.16. The Balaban J connectivity index is 1.85. The molecule has 2 amide bonds. The summed E-state index contributed by atoms with van der Waals surface area (Å²) >= 11 is 0. The van der Waals surface area contributed by atoms with Crippen LogP contribution in [0.15, 0.2) is 24.3 Å². The summed E-state index contributed by atoms with van der Waals surface area (Å²) in [6, 6.07) is 5.82. The van der Waals surface area contributed by atoms with E-state index in [0.29, 0.717) is 0 Å². The van der Waals surface area contributed by atoms with E-state index < -0.39 is 11.9 Å². The molecule has 0 saturated carbocycles. The van der Waals surface area contributed by atoms with E-state index in [9.17, 15) is 19.1 Å². The third-order valence-electron chi connectivity index (χ3n) is 2.82. The van der Waals surface area contributed by atoms with Gasteiger partial charge in [-0.25, -0.2) is 4.39 Å². The average molecular weight is 267 g/mol. The minimum absolute atomic E-state index is 0.0284. The van der Waals surface area contributed by atoms with Gasteiger partial charge in [-0.05, 0) is 12.1 Å². The lowest BCUT2D eigenvalue weighted by atomic mass is 10.3. The molecule has 1 aromatic rings. The maximum Gasteiger partial charge on any atom is 0.229 e. The molecule has 1 N–H and O–H groups in total. The number of hydrogen-bond acceptors (Lipinski definition) is 4. The number of ether oxygens (including phenoxy) is 1. The lowest BCUT2D eigenvalue weighted by molar-refractivity contribution is -0.140. The molecule has 102 valence electrons. The Kier molecular flexibility index (Phi) is 4.11. The topological polar surface area (TPSA) is 66.8 Å². The summed E-state index contributed by atoms with van der Waals surface area (Å²) in [5, 5.41) is 9.70. The lowest BCUT2D eigenvalue weighted by Crippen LogP contribution is -2.38. The molecule has 1 atom stereocenters. The number of para-hydroxylation sites is 1. The number of aliphatic hydroxyl groups excluding tert-OH is 1. The van der Waals surface area contributed by atoms with Gasteiger partial charge in [0.15, 0.2) is 11.6 Å². The first-order valence-electron chi connectivity index (χ1n) is 5.96. The van der Waals surface area contributed by atoms with Gasteiger partial charge in [0.1, 0.15) is 12.7 Å². The fraction of sp³-hybridized carbons (Fsp3) is 0.385. The van der Waals surface area contributed by atoms with Crippen LogP contribution in [0, 0.1) is 5.82 Å². The zero-order chi connectivity index (χ0) is 13.8. The van der Waals surface area contributed by atoms with Gasteiger partial charge in [-0.3, -0.25) is 14.5 Å². The van der Waals surface area contributed by atoms with Crippen molar-refractivity contribution in [1.29, 1.82) is 0 Å². The van der Waals surface area contributed by atoms with E-state index >= 15 is 0 Å². The zero-order valence-electron chi connectivity index (χ0n) is 10.2. The van der Waals surface area contributed by atoms with Crippen molar-refractivity contribution in [2.24, 2.45) is 0 Å². The molecule has 5 nitrogen and oxygen atoms in total. The summed E-state index contributed by atoms with van der Waals surface area (Å²) in [6.07, 6.45) is -0.676. The molecule has 0 aromatic heterocycles. The Hall–Kier alpha value is -1.95. The number of amides is 2. The number of carbonyl (C=O) groups excluding carboxylic acids is 2. The van der Waals surface area contributed by atoms with E-state index in [1.165, 1.54) is 18.2 Å². The lowest BCUT2D eigenvalue weighted by Gasteiger charge is -2.18. The van der Waals surface area contributed by atoms with Crippen LogP contribution in [-0.2, 0) is 9.59 Å². The Morgan fingerprint density at radius 1 is 1.26 bits per heavy atom. The van der Waals surface area contributed by atoms with Gasteiger partial charge in [-0.15, -0.1) is 0 Å². The second kappa shape index (κ2) is 5.79. The van der Waals surface area contributed by atoms with Crippen LogP contribution in [0.3, 0.4) is 0 Å². The van der Waals surface area contributed by atoms with Crippen LogP contribution < -0.4 is 4.74 Å². The van der Waals surface area contributed by atoms with Gasteiger partial charge in [0.05, 0.1) is 6.54 Å². The van der Waals surface area contributed by atoms with Gasteiger partial charge in [0.2, 0.25) is 11.8 Å². The summed E-state index contributed by atoms with van der Waals surface area (Å²) in [5.41, 5.74) is 0. The molecule has 1 saturated heterocycles. The van der Waals surface area contributed by atoms with Crippen molar-refractivity contribution in [1.82, 2.24) is 4.90 Å². The third kappa shape index (κ3) is 3.29. The number of hydrogen-bond donors (Lipinski definition) is 1. The number of carbonyl (C=O) groups is 2. The number of aliphatic hydroxyl groups is 1. The zero-order valence-corrected chi connectivity index (χ0v) is 10.2. The summed E-state index contributed by atoms with van der Waals surface area (Å²) < 4.78 is 18.3. The number of β-amino-alcohol motifs (C(OH)–C–C–N with tert-alkyl or cyclic N) is 1. The van der Waals surface area contributed by atoms with Crippen LogP contribution in [0.5, 0.6) is 5.75 Å². The Labute approximate surface area is 109 Å². The molecule has 6 heteroatoms. The van der Waals surface area contributed by atoms with E-state index in [4.69, 9.17) is 4.74 Å². The van der Waals surface area contributed by atoms with Crippen molar-refractivity contribution in [3.05, 3.63) is 30.1 Å².